The number of rotatable bonds is 8. The van der Waals surface area contributed by atoms with Gasteiger partial charge in [0.05, 0.1) is 10.8 Å². The van der Waals surface area contributed by atoms with Gasteiger partial charge in [0.15, 0.2) is 0 Å². The molecular weight excluding hydrogens is 452 g/mol. The molecule has 1 amide bonds. The average Bonchev–Trinajstić information content (AvgIpc) is 2.74. The predicted octanol–water partition coefficient (Wildman–Crippen LogP) is 4.30. The lowest BCUT2D eigenvalue weighted by Crippen LogP contribution is -2.35. The van der Waals surface area contributed by atoms with E-state index in [1.165, 1.54) is 40.5 Å². The van der Waals surface area contributed by atoms with Gasteiger partial charge in [-0.15, -0.1) is 0 Å². The number of carbonyl (C=O) groups excluding carboxylic acids is 1. The van der Waals surface area contributed by atoms with Crippen LogP contribution in [0.25, 0.3) is 0 Å². The second-order valence-corrected chi connectivity index (χ2v) is 10.5. The van der Waals surface area contributed by atoms with Gasteiger partial charge < -0.3 is 5.32 Å². The summed E-state index contributed by atoms with van der Waals surface area (Å²) in [5.41, 5.74) is 0.509. The van der Waals surface area contributed by atoms with E-state index in [1.54, 1.807) is 18.2 Å². The first-order valence-corrected chi connectivity index (χ1v) is 12.6. The van der Waals surface area contributed by atoms with Crippen LogP contribution in [0.3, 0.4) is 0 Å². The van der Waals surface area contributed by atoms with Crippen LogP contribution in [0.2, 0.25) is 0 Å². The molecule has 0 unspecified atom stereocenters. The maximum absolute atomic E-state index is 12.6. The summed E-state index contributed by atoms with van der Waals surface area (Å²) in [6.07, 6.45) is 4.09. The van der Waals surface area contributed by atoms with Crippen molar-refractivity contribution in [2.45, 2.75) is 39.8 Å². The van der Waals surface area contributed by atoms with Gasteiger partial charge in [-0.25, -0.2) is 13.4 Å². The molecule has 6 nitrogen and oxygen atoms in total. The normalized spacial score (nSPS) is 15.3. The second-order valence-electron chi connectivity index (χ2n) is 6.54. The molecule has 1 aliphatic heterocycles. The number of nitrogens with one attached hydrogen (secondary N) is 1. The van der Waals surface area contributed by atoms with Gasteiger partial charge in [0.2, 0.25) is 15.9 Å². The Bertz CT molecular complexity index is 949. The van der Waals surface area contributed by atoms with Gasteiger partial charge in [0.1, 0.15) is 4.90 Å². The summed E-state index contributed by atoms with van der Waals surface area (Å²) < 4.78 is 51.4. The van der Waals surface area contributed by atoms with Crippen LogP contribution < -0.4 is 5.32 Å². The van der Waals surface area contributed by atoms with Crippen LogP contribution in [0, 0.1) is 0 Å². The van der Waals surface area contributed by atoms with Crippen molar-refractivity contribution in [1.82, 2.24) is 9.29 Å². The molecule has 2 aromatic rings. The first kappa shape index (κ1) is 23.0. The number of anilines is 1. The van der Waals surface area contributed by atoms with Crippen molar-refractivity contribution in [2.75, 3.05) is 24.2 Å². The Kier molecular flexibility index (Phi) is 8.09. The van der Waals surface area contributed by atoms with Crippen LogP contribution in [0.4, 0.5) is 14.5 Å². The fraction of sp³-hybridized carbons (Fsp3) is 0.368. The number of halogens is 2. The summed E-state index contributed by atoms with van der Waals surface area (Å²) >= 11 is 1.62. The monoisotopic (exact) mass is 473 g/mol. The molecule has 1 aromatic carbocycles. The first-order valence-electron chi connectivity index (χ1n) is 9.28. The fourth-order valence-electron chi connectivity index (χ4n) is 2.92. The van der Waals surface area contributed by atoms with Crippen molar-refractivity contribution in [3.63, 3.8) is 0 Å². The highest BCUT2D eigenvalue weighted by Gasteiger charge is 2.26. The smallest absolute Gasteiger partial charge is 0.288 e. The Balaban J connectivity index is 1.51. The fourth-order valence-corrected chi connectivity index (χ4v) is 5.52. The number of sulfonamides is 1. The number of hydrogen-bond donors (Lipinski definition) is 1. The maximum atomic E-state index is 12.6. The number of thioether (sulfide) groups is 2. The zero-order valence-corrected chi connectivity index (χ0v) is 18.4. The van der Waals surface area contributed by atoms with E-state index in [1.807, 2.05) is 0 Å². The molecule has 162 valence electrons. The number of pyridine rings is 1. The van der Waals surface area contributed by atoms with Crippen molar-refractivity contribution in [1.29, 1.82) is 0 Å². The number of alkyl halides is 2. The molecule has 0 bridgehead atoms. The molecule has 1 saturated heterocycles. The lowest BCUT2D eigenvalue weighted by molar-refractivity contribution is -0.113. The molecule has 1 fully saturated rings. The van der Waals surface area contributed by atoms with Crippen molar-refractivity contribution >= 4 is 45.1 Å². The van der Waals surface area contributed by atoms with Crippen LogP contribution in [-0.2, 0) is 14.8 Å². The van der Waals surface area contributed by atoms with Crippen molar-refractivity contribution in [3.8, 4) is 0 Å². The van der Waals surface area contributed by atoms with Gasteiger partial charge in [-0.2, -0.15) is 13.1 Å². The molecule has 30 heavy (non-hydrogen) atoms. The van der Waals surface area contributed by atoms with E-state index in [9.17, 15) is 22.0 Å². The Morgan fingerprint density at radius 2 is 1.80 bits per heavy atom. The Morgan fingerprint density at radius 3 is 2.40 bits per heavy atom. The van der Waals surface area contributed by atoms with Gasteiger partial charge in [-0.05, 0) is 49.2 Å². The van der Waals surface area contributed by atoms with Crippen LogP contribution in [0.5, 0.6) is 0 Å². The molecule has 1 N–H and O–H groups in total. The number of hydrogen-bond acceptors (Lipinski definition) is 6. The Morgan fingerprint density at radius 1 is 1.10 bits per heavy atom. The summed E-state index contributed by atoms with van der Waals surface area (Å²) in [5, 5.41) is 3.22. The van der Waals surface area contributed by atoms with E-state index >= 15 is 0 Å². The third-order valence-corrected chi connectivity index (χ3v) is 7.92. The van der Waals surface area contributed by atoms with Crippen LogP contribution in [0.1, 0.15) is 19.3 Å². The molecule has 1 aliphatic rings. The van der Waals surface area contributed by atoms with Gasteiger partial charge in [-0.1, -0.05) is 29.9 Å². The highest BCUT2D eigenvalue weighted by atomic mass is 32.2. The van der Waals surface area contributed by atoms with E-state index in [0.717, 1.165) is 19.3 Å². The van der Waals surface area contributed by atoms with Crippen LogP contribution >= 0.6 is 23.5 Å². The van der Waals surface area contributed by atoms with Crippen LogP contribution in [0.15, 0.2) is 57.4 Å². The summed E-state index contributed by atoms with van der Waals surface area (Å²) in [6.45, 7) is 1.06. The third kappa shape index (κ3) is 6.40. The Hall–Kier alpha value is -1.69. The van der Waals surface area contributed by atoms with Crippen molar-refractivity contribution in [2.24, 2.45) is 0 Å². The molecule has 0 radical (unpaired) electrons. The van der Waals surface area contributed by atoms with Gasteiger partial charge in [-0.3, -0.25) is 4.79 Å². The Labute approximate surface area is 182 Å². The molecule has 0 saturated carbocycles. The molecule has 1 aromatic heterocycles. The number of benzene rings is 1. The van der Waals surface area contributed by atoms with E-state index in [0.29, 0.717) is 40.5 Å². The van der Waals surface area contributed by atoms with Crippen molar-refractivity contribution < 1.29 is 22.0 Å². The third-order valence-electron chi connectivity index (χ3n) is 4.38. The minimum atomic E-state index is -3.53. The van der Waals surface area contributed by atoms with Gasteiger partial charge >= 0.3 is 0 Å². The minimum Gasteiger partial charge on any atom is -0.325 e. The molecule has 0 aliphatic carbocycles. The second kappa shape index (κ2) is 10.6. The van der Waals surface area contributed by atoms with Gasteiger partial charge in [0, 0.05) is 29.9 Å². The quantitative estimate of drug-likeness (QED) is 0.576. The molecule has 11 heteroatoms. The van der Waals surface area contributed by atoms with E-state index in [2.05, 4.69) is 10.3 Å². The van der Waals surface area contributed by atoms with Crippen molar-refractivity contribution in [3.05, 3.63) is 42.6 Å². The maximum Gasteiger partial charge on any atom is 0.288 e. The van der Waals surface area contributed by atoms with E-state index < -0.39 is 15.8 Å². The minimum absolute atomic E-state index is 0.0821. The number of carbonyl (C=O) groups is 1. The predicted molar refractivity (Wildman–Crippen MR) is 115 cm³/mol. The van der Waals surface area contributed by atoms with Gasteiger partial charge in [0.25, 0.3) is 5.76 Å². The SMILES string of the molecule is O=C(CSc1ccc(S(=O)(=O)N2CCCCC2)cn1)Nc1ccc(SC(F)F)cc1. The topological polar surface area (TPSA) is 79.4 Å². The number of nitrogens with zero attached hydrogens (tertiary/aromatic N) is 2. The zero-order valence-electron chi connectivity index (χ0n) is 16.0. The largest absolute Gasteiger partial charge is 0.325 e. The lowest BCUT2D eigenvalue weighted by Gasteiger charge is -2.25. The number of amides is 1. The lowest BCUT2D eigenvalue weighted by atomic mass is 10.2. The van der Waals surface area contributed by atoms with E-state index in [4.69, 9.17) is 0 Å². The summed E-state index contributed by atoms with van der Waals surface area (Å²) in [4.78, 5) is 16.8. The molecule has 0 spiro atoms. The highest BCUT2D eigenvalue weighted by Crippen LogP contribution is 2.26. The highest BCUT2D eigenvalue weighted by molar-refractivity contribution is 8.00. The summed E-state index contributed by atoms with van der Waals surface area (Å²) in [6, 6.07) is 9.25. The average molecular weight is 474 g/mol. The molecule has 0 atom stereocenters. The number of aromatic nitrogens is 1. The first-order chi connectivity index (χ1) is 14.3. The zero-order chi connectivity index (χ0) is 21.6. The van der Waals surface area contributed by atoms with Crippen LogP contribution in [-0.4, -0.2) is 48.2 Å². The molecular formula is C19H21F2N3O3S3. The standard InChI is InChI=1S/C19H21F2N3O3S3/c20-19(21)29-15-6-4-14(5-7-15)23-17(25)13-28-18-9-8-16(12-22-18)30(26,27)24-10-2-1-3-11-24/h4-9,12,19H,1-3,10-11,13H2,(H,23,25). The number of piperidine rings is 1. The molecule has 3 rings (SSSR count). The van der Waals surface area contributed by atoms with E-state index in [-0.39, 0.29) is 16.6 Å². The molecule has 2 heterocycles. The summed E-state index contributed by atoms with van der Waals surface area (Å²) in [5.74, 6) is -2.68. The summed E-state index contributed by atoms with van der Waals surface area (Å²) in [7, 11) is -3.53.